The van der Waals surface area contributed by atoms with Crippen LogP contribution in [0.4, 0.5) is 5.69 Å². The van der Waals surface area contributed by atoms with Gasteiger partial charge < -0.3 is 40.0 Å². The third kappa shape index (κ3) is 17.9. The maximum Gasteiger partial charge on any atom is 0.354 e. The van der Waals surface area contributed by atoms with E-state index in [9.17, 15) is 43.8 Å². The molecule has 21 heteroatoms. The molecule has 1 fully saturated rings. The number of aromatic carboxylic acids is 1. The Kier molecular flexibility index (Phi) is 20.7. The number of nitrogens with two attached hydrogens (primary N) is 1. The van der Waals surface area contributed by atoms with Crippen molar-refractivity contribution in [3.63, 3.8) is 0 Å². The highest BCUT2D eigenvalue weighted by atomic mass is 16.5. The van der Waals surface area contributed by atoms with Crippen LogP contribution in [-0.4, -0.2) is 154 Å². The number of hydrogen-bond acceptors (Lipinski definition) is 18. The van der Waals surface area contributed by atoms with E-state index >= 15 is 0 Å². The third-order valence-electron chi connectivity index (χ3n) is 11.7. The second-order valence-corrected chi connectivity index (χ2v) is 17.7. The summed E-state index contributed by atoms with van der Waals surface area (Å²) in [7, 11) is 0. The van der Waals surface area contributed by atoms with Crippen LogP contribution in [-0.2, 0) is 38.8 Å². The number of aldehydes is 4. The lowest BCUT2D eigenvalue weighted by Crippen LogP contribution is -2.36. The molecule has 406 valence electrons. The average molecular weight is 1080 g/mol. The number of nitrogen functional groups attached to an aromatic ring is 1. The van der Waals surface area contributed by atoms with E-state index in [-0.39, 0.29) is 72.9 Å². The van der Waals surface area contributed by atoms with Gasteiger partial charge in [0.2, 0.25) is 0 Å². The molecule has 7 rings (SSSR count). The molecule has 0 unspecified atom stereocenters. The van der Waals surface area contributed by atoms with Crippen molar-refractivity contribution in [2.75, 3.05) is 71.4 Å². The first-order valence-corrected chi connectivity index (χ1v) is 24.6. The van der Waals surface area contributed by atoms with Crippen molar-refractivity contribution in [3.8, 4) is 58.5 Å². The number of hydrogen-bond donors (Lipinski definition) is 4. The van der Waals surface area contributed by atoms with Gasteiger partial charge in [-0.15, -0.1) is 0 Å². The van der Waals surface area contributed by atoms with Crippen LogP contribution < -0.4 is 24.7 Å². The smallest absolute Gasteiger partial charge is 0.354 e. The summed E-state index contributed by atoms with van der Waals surface area (Å²) in [5.74, 6) is 15.3. The Balaban J connectivity index is 1.19. The largest absolute Gasteiger partial charge is 0.486 e. The summed E-state index contributed by atoms with van der Waals surface area (Å²) >= 11 is 0. The Hall–Kier alpha value is -10.2. The molecule has 6 aromatic rings. The first-order valence-electron chi connectivity index (χ1n) is 24.6. The Labute approximate surface area is 458 Å². The fraction of sp³-hybridized carbons (Fsp3) is 0.220. The quantitative estimate of drug-likeness (QED) is 0.0452. The summed E-state index contributed by atoms with van der Waals surface area (Å²) in [6.07, 6.45) is 2.35. The topological polar surface area (TPSA) is 292 Å². The Morgan fingerprint density at radius 3 is 1.39 bits per heavy atom. The number of carboxylic acids is 3. The molecular weight excluding hydrogens is 1030 g/mol. The summed E-state index contributed by atoms with van der Waals surface area (Å²) in [5, 5.41) is 28.4. The molecule has 0 aliphatic carbocycles. The number of carboxylic acid groups (broad SMARTS) is 3. The van der Waals surface area contributed by atoms with Gasteiger partial charge in [-0.05, 0) is 84.9 Å². The Bertz CT molecular complexity index is 3480. The van der Waals surface area contributed by atoms with Crippen molar-refractivity contribution < 1.29 is 67.8 Å². The van der Waals surface area contributed by atoms with Gasteiger partial charge in [0.05, 0.1) is 28.2 Å². The minimum absolute atomic E-state index is 0.105. The lowest BCUT2D eigenvalue weighted by Gasteiger charge is -2.25. The number of ether oxygens (including phenoxy) is 4. The van der Waals surface area contributed by atoms with E-state index in [1.54, 1.807) is 60.7 Å². The first-order chi connectivity index (χ1) is 38.7. The zero-order chi connectivity index (χ0) is 56.8. The first kappa shape index (κ1) is 57.5. The highest BCUT2D eigenvalue weighted by Gasteiger charge is 2.21. The van der Waals surface area contributed by atoms with Crippen LogP contribution >= 0.6 is 0 Å². The molecule has 80 heavy (non-hydrogen) atoms. The monoisotopic (exact) mass is 1080 g/mol. The zero-order valence-electron chi connectivity index (χ0n) is 42.8. The summed E-state index contributed by atoms with van der Waals surface area (Å²) in [4.78, 5) is 102. The molecule has 0 spiro atoms. The maximum absolute atomic E-state index is 12.4. The van der Waals surface area contributed by atoms with Gasteiger partial charge in [0.15, 0.2) is 38.4 Å². The van der Waals surface area contributed by atoms with Crippen molar-refractivity contribution >= 4 is 48.7 Å². The molecule has 5 N–H and O–H groups in total. The fourth-order valence-corrected chi connectivity index (χ4v) is 8.00. The van der Waals surface area contributed by atoms with Crippen molar-refractivity contribution in [2.24, 2.45) is 0 Å². The summed E-state index contributed by atoms with van der Waals surface area (Å²) in [6, 6.07) is 25.7. The standard InChI is InChI=1S/C59H51N7O14/c60-46-11-5-40(6-12-46)1-2-43-27-49(63-54(30-43)59(75)76)35-66-19-17-64(33-47-25-41(28-50(36-69)61-47)3-7-44-10-14-53(79-38-57(71)72)32-55(44)78-24-22-68)15-16-65(18-20-66)34-48-26-42(29-51(37-70)62-48)4-8-45-9-13-52(77-23-21-67)31-56(45)80-39-58(73)74/h5-6,9-14,21-22,25-32,36-37H,15-20,23-24,33-35,38-39,60H2,(H,71,72)(H,73,74)(H,75,76). The van der Waals surface area contributed by atoms with Crippen LogP contribution in [0.1, 0.15) is 81.9 Å². The third-order valence-corrected chi connectivity index (χ3v) is 11.7. The van der Waals surface area contributed by atoms with Crippen LogP contribution in [0, 0.1) is 35.5 Å². The van der Waals surface area contributed by atoms with Crippen LogP contribution in [0.2, 0.25) is 0 Å². The maximum atomic E-state index is 12.4. The molecule has 0 saturated carbocycles. The molecule has 4 heterocycles. The molecule has 0 bridgehead atoms. The Morgan fingerprint density at radius 2 is 0.912 bits per heavy atom. The molecule has 1 aliphatic rings. The van der Waals surface area contributed by atoms with E-state index in [0.29, 0.717) is 121 Å². The minimum atomic E-state index is -1.22. The van der Waals surface area contributed by atoms with E-state index in [1.165, 1.54) is 36.4 Å². The second kappa shape index (κ2) is 28.8. The van der Waals surface area contributed by atoms with Gasteiger partial charge in [-0.2, -0.15) is 0 Å². The Morgan fingerprint density at radius 1 is 0.487 bits per heavy atom. The minimum Gasteiger partial charge on any atom is -0.486 e. The molecule has 3 aromatic heterocycles. The highest BCUT2D eigenvalue weighted by Crippen LogP contribution is 2.26. The van der Waals surface area contributed by atoms with Gasteiger partial charge in [-0.3, -0.25) is 33.9 Å². The van der Waals surface area contributed by atoms with E-state index in [0.717, 1.165) is 0 Å². The number of nitrogens with zero attached hydrogens (tertiary/aromatic N) is 6. The van der Waals surface area contributed by atoms with Crippen molar-refractivity contribution in [2.45, 2.75) is 19.6 Å². The lowest BCUT2D eigenvalue weighted by atomic mass is 10.1. The van der Waals surface area contributed by atoms with Crippen LogP contribution in [0.15, 0.2) is 97.1 Å². The normalized spacial score (nSPS) is 12.7. The van der Waals surface area contributed by atoms with Gasteiger partial charge in [0, 0.05) is 99.0 Å². The number of aliphatic carboxylic acids is 2. The average Bonchev–Trinajstić information content (AvgIpc) is 3.55. The van der Waals surface area contributed by atoms with Crippen molar-refractivity contribution in [1.29, 1.82) is 0 Å². The number of carbonyl (C=O) groups is 7. The van der Waals surface area contributed by atoms with Gasteiger partial charge >= 0.3 is 17.9 Å². The van der Waals surface area contributed by atoms with Gasteiger partial charge in [0.25, 0.3) is 0 Å². The molecule has 0 atom stereocenters. The number of benzene rings is 3. The predicted octanol–water partition coefficient (Wildman–Crippen LogP) is 3.88. The zero-order valence-corrected chi connectivity index (χ0v) is 42.8. The van der Waals surface area contributed by atoms with Gasteiger partial charge in [-0.25, -0.2) is 29.3 Å². The van der Waals surface area contributed by atoms with E-state index < -0.39 is 31.1 Å². The highest BCUT2D eigenvalue weighted by molar-refractivity contribution is 5.86. The van der Waals surface area contributed by atoms with E-state index in [4.69, 9.17) is 29.8 Å². The number of aromatic nitrogens is 3. The second-order valence-electron chi connectivity index (χ2n) is 17.7. The molecule has 3 aromatic carbocycles. The fourth-order valence-electron chi connectivity index (χ4n) is 8.00. The molecule has 1 aliphatic heterocycles. The van der Waals surface area contributed by atoms with E-state index in [1.807, 2.05) is 0 Å². The van der Waals surface area contributed by atoms with Crippen LogP contribution in [0.3, 0.4) is 0 Å². The molecule has 0 radical (unpaired) electrons. The number of carbonyl (C=O) groups excluding carboxylic acids is 4. The van der Waals surface area contributed by atoms with Crippen molar-refractivity contribution in [3.05, 3.63) is 165 Å². The summed E-state index contributed by atoms with van der Waals surface area (Å²) in [6.45, 7) is 1.88. The number of rotatable bonds is 21. The summed E-state index contributed by atoms with van der Waals surface area (Å²) < 4.78 is 21.7. The number of anilines is 1. The van der Waals surface area contributed by atoms with Crippen LogP contribution in [0.5, 0.6) is 23.0 Å². The molecule has 1 saturated heterocycles. The van der Waals surface area contributed by atoms with Gasteiger partial charge in [0.1, 0.15) is 53.3 Å². The van der Waals surface area contributed by atoms with Crippen molar-refractivity contribution in [1.82, 2.24) is 29.7 Å². The molecule has 21 nitrogen and oxygen atoms in total. The SMILES string of the molecule is Nc1ccc(C#Cc2cc(CN3CCN(Cc4cc(C#Cc5ccc(OCC(=O)O)cc5OCC=O)cc(C=O)n4)CCN(Cc4cc(C#Cc5ccc(OCC=O)cc5OCC(=O)O)cc(C=O)n4)CC3)nc(C(=O)O)c2)cc1. The molecular formula is C59H51N7O14. The summed E-state index contributed by atoms with van der Waals surface area (Å²) in [5.41, 5.74) is 10.7. The van der Waals surface area contributed by atoms with E-state index in [2.05, 4.69) is 65.2 Å². The number of pyridine rings is 3. The van der Waals surface area contributed by atoms with Gasteiger partial charge in [-0.1, -0.05) is 35.5 Å². The molecule has 0 amide bonds. The predicted molar refractivity (Wildman–Crippen MR) is 287 cm³/mol. The lowest BCUT2D eigenvalue weighted by molar-refractivity contribution is -0.140. The van der Waals surface area contributed by atoms with Crippen LogP contribution in [0.25, 0.3) is 0 Å².